The minimum Gasteiger partial charge on any atom is -0.416 e. The predicted octanol–water partition coefficient (Wildman–Crippen LogP) is 4.02. The van der Waals surface area contributed by atoms with Crippen molar-refractivity contribution >= 4 is 17.5 Å². The van der Waals surface area contributed by atoms with Crippen LogP contribution in [0.15, 0.2) is 65.3 Å². The molecule has 0 aliphatic rings. The molecule has 8 heteroatoms. The van der Waals surface area contributed by atoms with Crippen molar-refractivity contribution in [3.05, 3.63) is 66.6 Å². The first-order valence-electron chi connectivity index (χ1n) is 9.15. The molecule has 1 amide bonds. The standard InChI is InChI=1S/C22H17N5O3/c1-13(28)19-10-16(8-9-23-19)18-12-24-20(25-14(2)29)11-17(18)22-27-26-21(30-22)15-6-4-3-5-7-15/h3-12H,1-2H3,(H,24,25,29). The van der Waals surface area contributed by atoms with E-state index in [1.165, 1.54) is 13.8 Å². The molecule has 0 bridgehead atoms. The van der Waals surface area contributed by atoms with E-state index >= 15 is 0 Å². The van der Waals surface area contributed by atoms with E-state index in [9.17, 15) is 9.59 Å². The Labute approximate surface area is 172 Å². The van der Waals surface area contributed by atoms with Crippen LogP contribution in [0, 0.1) is 0 Å². The van der Waals surface area contributed by atoms with Gasteiger partial charge in [0.15, 0.2) is 5.78 Å². The van der Waals surface area contributed by atoms with Gasteiger partial charge in [0.05, 0.1) is 5.56 Å². The lowest BCUT2D eigenvalue weighted by molar-refractivity contribution is -0.114. The van der Waals surface area contributed by atoms with E-state index in [2.05, 4.69) is 25.5 Å². The highest BCUT2D eigenvalue weighted by Gasteiger charge is 2.18. The molecule has 1 aromatic carbocycles. The molecule has 0 saturated carbocycles. The van der Waals surface area contributed by atoms with Crippen LogP contribution in [-0.2, 0) is 4.79 Å². The molecule has 0 fully saturated rings. The molecule has 0 aliphatic carbocycles. The molecule has 3 heterocycles. The Morgan fingerprint density at radius 3 is 2.37 bits per heavy atom. The van der Waals surface area contributed by atoms with Gasteiger partial charge in [-0.1, -0.05) is 18.2 Å². The van der Waals surface area contributed by atoms with Gasteiger partial charge in [0.1, 0.15) is 11.5 Å². The first-order chi connectivity index (χ1) is 14.5. The van der Waals surface area contributed by atoms with Crippen molar-refractivity contribution in [2.75, 3.05) is 5.32 Å². The maximum atomic E-state index is 11.8. The van der Waals surface area contributed by atoms with E-state index in [0.29, 0.717) is 34.1 Å². The third kappa shape index (κ3) is 3.97. The molecule has 0 spiro atoms. The molecule has 4 aromatic rings. The van der Waals surface area contributed by atoms with Crippen LogP contribution in [0.3, 0.4) is 0 Å². The molecule has 0 aliphatic heterocycles. The number of Topliss-reactive ketones (excluding diaryl/α,β-unsaturated/α-hetero) is 1. The molecular formula is C22H17N5O3. The van der Waals surface area contributed by atoms with Crippen LogP contribution in [-0.4, -0.2) is 31.9 Å². The lowest BCUT2D eigenvalue weighted by atomic mass is 10.0. The smallest absolute Gasteiger partial charge is 0.248 e. The molecule has 30 heavy (non-hydrogen) atoms. The van der Waals surface area contributed by atoms with Crippen molar-refractivity contribution in [3.63, 3.8) is 0 Å². The number of amides is 1. The van der Waals surface area contributed by atoms with Crippen molar-refractivity contribution in [2.45, 2.75) is 13.8 Å². The highest BCUT2D eigenvalue weighted by atomic mass is 16.4. The summed E-state index contributed by atoms with van der Waals surface area (Å²) in [5, 5.41) is 11.0. The fourth-order valence-corrected chi connectivity index (χ4v) is 2.93. The number of pyridine rings is 2. The zero-order chi connectivity index (χ0) is 21.1. The Balaban J connectivity index is 1.84. The van der Waals surface area contributed by atoms with Gasteiger partial charge in [0, 0.05) is 37.4 Å². The van der Waals surface area contributed by atoms with Gasteiger partial charge < -0.3 is 9.73 Å². The monoisotopic (exact) mass is 399 g/mol. The number of carbonyl (C=O) groups is 2. The molecule has 148 valence electrons. The molecule has 0 radical (unpaired) electrons. The van der Waals surface area contributed by atoms with E-state index in [1.807, 2.05) is 30.3 Å². The van der Waals surface area contributed by atoms with Crippen LogP contribution in [0.4, 0.5) is 5.82 Å². The van der Waals surface area contributed by atoms with Gasteiger partial charge >= 0.3 is 0 Å². The summed E-state index contributed by atoms with van der Waals surface area (Å²) in [6.45, 7) is 2.85. The van der Waals surface area contributed by atoms with E-state index in [-0.39, 0.29) is 17.6 Å². The normalized spacial score (nSPS) is 10.6. The van der Waals surface area contributed by atoms with E-state index < -0.39 is 0 Å². The highest BCUT2D eigenvalue weighted by Crippen LogP contribution is 2.34. The van der Waals surface area contributed by atoms with Crippen LogP contribution in [0.1, 0.15) is 24.3 Å². The van der Waals surface area contributed by atoms with E-state index in [4.69, 9.17) is 4.42 Å². The van der Waals surface area contributed by atoms with Crippen LogP contribution in [0.2, 0.25) is 0 Å². The Bertz CT molecular complexity index is 1230. The number of hydrogen-bond donors (Lipinski definition) is 1. The van der Waals surface area contributed by atoms with Crippen LogP contribution in [0.25, 0.3) is 34.0 Å². The lowest BCUT2D eigenvalue weighted by Gasteiger charge is -2.10. The quantitative estimate of drug-likeness (QED) is 0.505. The summed E-state index contributed by atoms with van der Waals surface area (Å²) in [5.41, 5.74) is 3.07. The number of ketones is 1. The predicted molar refractivity (Wildman–Crippen MR) is 111 cm³/mol. The summed E-state index contributed by atoms with van der Waals surface area (Å²) in [4.78, 5) is 31.6. The van der Waals surface area contributed by atoms with Crippen LogP contribution >= 0.6 is 0 Å². The van der Waals surface area contributed by atoms with E-state index in [1.54, 1.807) is 30.6 Å². The van der Waals surface area contributed by atoms with Gasteiger partial charge in [-0.2, -0.15) is 0 Å². The molecule has 0 atom stereocenters. The van der Waals surface area contributed by atoms with E-state index in [0.717, 1.165) is 5.56 Å². The highest BCUT2D eigenvalue weighted by molar-refractivity contribution is 5.94. The Kier molecular flexibility index (Phi) is 5.13. The molecule has 4 rings (SSSR count). The van der Waals surface area contributed by atoms with Gasteiger partial charge in [-0.15, -0.1) is 10.2 Å². The van der Waals surface area contributed by atoms with Gasteiger partial charge in [0.2, 0.25) is 17.7 Å². The van der Waals surface area contributed by atoms with Gasteiger partial charge in [-0.25, -0.2) is 4.98 Å². The fraction of sp³-hybridized carbons (Fsp3) is 0.0909. The number of hydrogen-bond acceptors (Lipinski definition) is 7. The molecule has 1 N–H and O–H groups in total. The molecular weight excluding hydrogens is 382 g/mol. The molecule has 3 aromatic heterocycles. The maximum Gasteiger partial charge on any atom is 0.248 e. The summed E-state index contributed by atoms with van der Waals surface area (Å²) >= 11 is 0. The summed E-state index contributed by atoms with van der Waals surface area (Å²) in [6.07, 6.45) is 3.15. The zero-order valence-electron chi connectivity index (χ0n) is 16.3. The van der Waals surface area contributed by atoms with Gasteiger partial charge in [-0.05, 0) is 35.9 Å². The second-order valence-corrected chi connectivity index (χ2v) is 6.56. The third-order valence-corrected chi connectivity index (χ3v) is 4.32. The van der Waals surface area contributed by atoms with Crippen LogP contribution < -0.4 is 5.32 Å². The first kappa shape index (κ1) is 19.1. The largest absolute Gasteiger partial charge is 0.416 e. The summed E-state index contributed by atoms with van der Waals surface area (Å²) < 4.78 is 5.91. The Morgan fingerprint density at radius 1 is 0.867 bits per heavy atom. The number of nitrogens with one attached hydrogen (secondary N) is 1. The lowest BCUT2D eigenvalue weighted by Crippen LogP contribution is -2.07. The second-order valence-electron chi connectivity index (χ2n) is 6.56. The maximum absolute atomic E-state index is 11.8. The zero-order valence-corrected chi connectivity index (χ0v) is 16.3. The van der Waals surface area contributed by atoms with Crippen LogP contribution in [0.5, 0.6) is 0 Å². The van der Waals surface area contributed by atoms with Crippen molar-refractivity contribution in [1.82, 2.24) is 20.2 Å². The van der Waals surface area contributed by atoms with Gasteiger partial charge in [-0.3, -0.25) is 14.6 Å². The molecule has 8 nitrogen and oxygen atoms in total. The summed E-state index contributed by atoms with van der Waals surface area (Å²) in [5.74, 6) is 0.582. The number of aromatic nitrogens is 4. The van der Waals surface area contributed by atoms with Gasteiger partial charge in [0.25, 0.3) is 0 Å². The third-order valence-electron chi connectivity index (χ3n) is 4.32. The minimum absolute atomic E-state index is 0.148. The summed E-state index contributed by atoms with van der Waals surface area (Å²) in [6, 6.07) is 14.5. The van der Waals surface area contributed by atoms with Crippen molar-refractivity contribution in [2.24, 2.45) is 0 Å². The molecule has 0 unspecified atom stereocenters. The Hall–Kier alpha value is -4.20. The van der Waals surface area contributed by atoms with Crippen molar-refractivity contribution in [3.8, 4) is 34.0 Å². The number of benzene rings is 1. The number of rotatable bonds is 5. The topological polar surface area (TPSA) is 111 Å². The van der Waals surface area contributed by atoms with Crippen molar-refractivity contribution < 1.29 is 14.0 Å². The number of carbonyl (C=O) groups excluding carboxylic acids is 2. The average Bonchev–Trinajstić information content (AvgIpc) is 3.24. The summed E-state index contributed by atoms with van der Waals surface area (Å²) in [7, 11) is 0. The number of nitrogens with zero attached hydrogens (tertiary/aromatic N) is 4. The minimum atomic E-state index is -0.250. The fourth-order valence-electron chi connectivity index (χ4n) is 2.93. The number of anilines is 1. The first-order valence-corrected chi connectivity index (χ1v) is 9.15. The molecule has 0 saturated heterocycles. The SMILES string of the molecule is CC(=O)Nc1cc(-c2nnc(-c3ccccc3)o2)c(-c2ccnc(C(C)=O)c2)cn1. The Morgan fingerprint density at radius 2 is 1.63 bits per heavy atom. The second kappa shape index (κ2) is 8.04. The average molecular weight is 399 g/mol. The van der Waals surface area contributed by atoms with Crippen molar-refractivity contribution in [1.29, 1.82) is 0 Å².